The van der Waals surface area contributed by atoms with Crippen molar-refractivity contribution in [3.05, 3.63) is 12.2 Å². The third kappa shape index (κ3) is 65.7. The Hall–Kier alpha value is -1.40. The van der Waals surface area contributed by atoms with Crippen LogP contribution in [0.1, 0.15) is 425 Å². The summed E-state index contributed by atoms with van der Waals surface area (Å²) in [5.74, 6) is -0.0186. The van der Waals surface area contributed by atoms with E-state index in [2.05, 4.69) is 31.3 Å². The molecule has 0 aliphatic rings. The van der Waals surface area contributed by atoms with E-state index in [0.29, 0.717) is 25.9 Å². The number of unbranched alkanes of at least 4 members (excludes halogenated alkanes) is 57. The van der Waals surface area contributed by atoms with E-state index < -0.39 is 12.1 Å². The monoisotopic (exact) mass is 1130 g/mol. The molecule has 0 bridgehead atoms. The predicted octanol–water partition coefficient (Wildman–Crippen LogP) is 23.9. The van der Waals surface area contributed by atoms with Crippen LogP contribution in [0, 0.1) is 0 Å². The summed E-state index contributed by atoms with van der Waals surface area (Å²) in [4.78, 5) is 24.6. The lowest BCUT2D eigenvalue weighted by molar-refractivity contribution is -0.143. The van der Waals surface area contributed by atoms with Gasteiger partial charge in [0.1, 0.15) is 0 Å². The van der Waals surface area contributed by atoms with Gasteiger partial charge in [-0.3, -0.25) is 9.59 Å². The molecule has 0 radical (unpaired) electrons. The number of hydrogen-bond donors (Lipinski definition) is 3. The van der Waals surface area contributed by atoms with Gasteiger partial charge in [0, 0.05) is 12.8 Å². The van der Waals surface area contributed by atoms with E-state index in [0.717, 1.165) is 44.9 Å². The molecule has 6 heteroatoms. The summed E-state index contributed by atoms with van der Waals surface area (Å²) in [5, 5.41) is 23.5. The number of aliphatic hydroxyl groups excluding tert-OH is 2. The number of hydrogen-bond acceptors (Lipinski definition) is 5. The highest BCUT2D eigenvalue weighted by Gasteiger charge is 2.20. The molecule has 0 saturated heterocycles. The van der Waals surface area contributed by atoms with Crippen LogP contribution in [0.2, 0.25) is 0 Å². The number of carbonyl (C=O) groups is 2. The Morgan fingerprint density at radius 2 is 0.588 bits per heavy atom. The van der Waals surface area contributed by atoms with Gasteiger partial charge < -0.3 is 20.3 Å². The maximum absolute atomic E-state index is 12.6. The number of allylic oxidation sites excluding steroid dienone is 2. The molecule has 0 saturated carbocycles. The maximum Gasteiger partial charge on any atom is 0.305 e. The van der Waals surface area contributed by atoms with Crippen molar-refractivity contribution in [1.82, 2.24) is 5.32 Å². The Kier molecular flexibility index (Phi) is 68.9. The van der Waals surface area contributed by atoms with Gasteiger partial charge >= 0.3 is 5.97 Å². The Labute approximate surface area is 501 Å². The Morgan fingerprint density at radius 3 is 0.912 bits per heavy atom. The van der Waals surface area contributed by atoms with Crippen LogP contribution in [-0.4, -0.2) is 47.4 Å². The highest BCUT2D eigenvalue weighted by molar-refractivity contribution is 5.76. The third-order valence-corrected chi connectivity index (χ3v) is 17.6. The van der Waals surface area contributed by atoms with E-state index >= 15 is 0 Å². The summed E-state index contributed by atoms with van der Waals surface area (Å²) in [5.41, 5.74) is 0. The van der Waals surface area contributed by atoms with Gasteiger partial charge in [0.2, 0.25) is 5.91 Å². The molecule has 0 heterocycles. The topological polar surface area (TPSA) is 95.9 Å². The minimum Gasteiger partial charge on any atom is -0.466 e. The van der Waals surface area contributed by atoms with Gasteiger partial charge in [0.05, 0.1) is 25.4 Å². The summed E-state index contributed by atoms with van der Waals surface area (Å²) in [6, 6.07) is -0.541. The number of amides is 1. The summed E-state index contributed by atoms with van der Waals surface area (Å²) < 4.78 is 5.48. The van der Waals surface area contributed by atoms with Crippen molar-refractivity contribution in [2.24, 2.45) is 0 Å². The van der Waals surface area contributed by atoms with Gasteiger partial charge in [0.15, 0.2) is 0 Å². The molecular weight excluding hydrogens is 983 g/mol. The second kappa shape index (κ2) is 70.1. The first-order valence-electron chi connectivity index (χ1n) is 36.9. The SMILES string of the molecule is CCCCC/C=C\CCCCCCCC(=O)OCCCCCCCCCCCCCCCCCCCCCCCCCCCCC(=O)NC(CO)C(O)CCCCCCCCCCCCCCCCCCCCCCCCCCC. The smallest absolute Gasteiger partial charge is 0.305 e. The minimum absolute atomic E-state index is 0.00833. The number of ether oxygens (including phenoxy) is 1. The van der Waals surface area contributed by atoms with Crippen molar-refractivity contribution in [3.63, 3.8) is 0 Å². The van der Waals surface area contributed by atoms with Gasteiger partial charge in [-0.2, -0.15) is 0 Å². The van der Waals surface area contributed by atoms with Crippen molar-refractivity contribution in [2.75, 3.05) is 13.2 Å². The summed E-state index contributed by atoms with van der Waals surface area (Å²) in [6.45, 7) is 4.97. The molecule has 3 N–H and O–H groups in total. The van der Waals surface area contributed by atoms with Gasteiger partial charge in [-0.1, -0.05) is 373 Å². The van der Waals surface area contributed by atoms with Crippen LogP contribution in [0.25, 0.3) is 0 Å². The molecule has 0 aromatic carbocycles. The first-order valence-corrected chi connectivity index (χ1v) is 36.9. The van der Waals surface area contributed by atoms with Crippen molar-refractivity contribution < 1.29 is 24.5 Å². The number of esters is 1. The van der Waals surface area contributed by atoms with Crippen molar-refractivity contribution in [1.29, 1.82) is 0 Å². The lowest BCUT2D eigenvalue weighted by Crippen LogP contribution is -2.45. The average molecular weight is 1130 g/mol. The minimum atomic E-state index is -0.664. The molecule has 0 aliphatic heterocycles. The van der Waals surface area contributed by atoms with E-state index in [4.69, 9.17) is 4.74 Å². The standard InChI is InChI=1S/C74H145NO5/c1-3-5-7-9-11-13-15-17-18-19-20-21-22-25-28-31-34-37-40-43-46-50-54-58-62-66-72(77)71(70-76)75-73(78)67-63-59-55-51-47-44-41-38-35-32-29-26-23-24-27-30-33-36-39-42-45-49-53-57-61-65-69-80-74(79)68-64-60-56-52-48-16-14-12-10-8-6-4-2/h12,14,71-72,76-77H,3-11,13,15-70H2,1-2H3,(H,75,78)/b14-12-. The molecular formula is C74H145NO5. The first kappa shape index (κ1) is 78.6. The fourth-order valence-corrected chi connectivity index (χ4v) is 11.9. The predicted molar refractivity (Wildman–Crippen MR) is 352 cm³/mol. The molecule has 0 aromatic rings. The van der Waals surface area contributed by atoms with Crippen molar-refractivity contribution in [2.45, 2.75) is 437 Å². The largest absolute Gasteiger partial charge is 0.466 e. The van der Waals surface area contributed by atoms with Crippen molar-refractivity contribution >= 4 is 11.9 Å². The number of carbonyl (C=O) groups excluding carboxylic acids is 2. The molecule has 0 fully saturated rings. The number of rotatable bonds is 70. The van der Waals surface area contributed by atoms with Crippen LogP contribution >= 0.6 is 0 Å². The normalized spacial score (nSPS) is 12.5. The summed E-state index contributed by atoms with van der Waals surface area (Å²) in [6.07, 6.45) is 87.0. The molecule has 0 aliphatic carbocycles. The first-order chi connectivity index (χ1) is 39.5. The van der Waals surface area contributed by atoms with E-state index in [-0.39, 0.29) is 18.5 Å². The summed E-state index contributed by atoms with van der Waals surface area (Å²) in [7, 11) is 0. The molecule has 476 valence electrons. The third-order valence-electron chi connectivity index (χ3n) is 17.6. The Morgan fingerprint density at radius 1 is 0.338 bits per heavy atom. The molecule has 0 rings (SSSR count). The second-order valence-corrected chi connectivity index (χ2v) is 25.6. The second-order valence-electron chi connectivity index (χ2n) is 25.6. The van der Waals surface area contributed by atoms with E-state index in [1.807, 2.05) is 0 Å². The van der Waals surface area contributed by atoms with Crippen LogP contribution in [-0.2, 0) is 14.3 Å². The molecule has 2 atom stereocenters. The van der Waals surface area contributed by atoms with E-state index in [1.165, 1.54) is 347 Å². The Balaban J connectivity index is 3.36. The maximum atomic E-state index is 12.6. The van der Waals surface area contributed by atoms with Gasteiger partial charge in [-0.05, 0) is 51.4 Å². The van der Waals surface area contributed by atoms with E-state index in [9.17, 15) is 19.8 Å². The number of nitrogens with one attached hydrogen (secondary N) is 1. The van der Waals surface area contributed by atoms with Crippen LogP contribution in [0.3, 0.4) is 0 Å². The van der Waals surface area contributed by atoms with E-state index in [1.54, 1.807) is 0 Å². The lowest BCUT2D eigenvalue weighted by Gasteiger charge is -2.22. The molecule has 2 unspecified atom stereocenters. The zero-order valence-electron chi connectivity index (χ0n) is 54.6. The molecule has 80 heavy (non-hydrogen) atoms. The molecule has 0 aromatic heterocycles. The lowest BCUT2D eigenvalue weighted by atomic mass is 10.0. The number of aliphatic hydroxyl groups is 2. The highest BCUT2D eigenvalue weighted by atomic mass is 16.5. The average Bonchev–Trinajstić information content (AvgIpc) is 3.46. The van der Waals surface area contributed by atoms with Crippen LogP contribution in [0.5, 0.6) is 0 Å². The van der Waals surface area contributed by atoms with Crippen LogP contribution in [0.15, 0.2) is 12.2 Å². The van der Waals surface area contributed by atoms with Crippen LogP contribution in [0.4, 0.5) is 0 Å². The fraction of sp³-hybridized carbons (Fsp3) is 0.946. The van der Waals surface area contributed by atoms with Crippen LogP contribution < -0.4 is 5.32 Å². The zero-order valence-corrected chi connectivity index (χ0v) is 54.6. The van der Waals surface area contributed by atoms with Gasteiger partial charge in [-0.15, -0.1) is 0 Å². The van der Waals surface area contributed by atoms with Gasteiger partial charge in [-0.25, -0.2) is 0 Å². The summed E-state index contributed by atoms with van der Waals surface area (Å²) >= 11 is 0. The molecule has 6 nitrogen and oxygen atoms in total. The van der Waals surface area contributed by atoms with Gasteiger partial charge in [0.25, 0.3) is 0 Å². The Bertz CT molecular complexity index is 1210. The van der Waals surface area contributed by atoms with Crippen molar-refractivity contribution in [3.8, 4) is 0 Å². The molecule has 0 spiro atoms. The molecule has 1 amide bonds. The quantitative estimate of drug-likeness (QED) is 0.0320. The zero-order chi connectivity index (χ0) is 57.8. The highest BCUT2D eigenvalue weighted by Crippen LogP contribution is 2.20. The fourth-order valence-electron chi connectivity index (χ4n) is 11.9.